The molecule has 0 spiro atoms. The van der Waals surface area contributed by atoms with Crippen LogP contribution in [0.4, 0.5) is 0 Å². The van der Waals surface area contributed by atoms with Gasteiger partial charge in [0.05, 0.1) is 11.4 Å². The average Bonchev–Trinajstić information content (AvgIpc) is 3.03. The minimum Gasteiger partial charge on any atom is -0.260 e. The van der Waals surface area contributed by atoms with E-state index in [1.807, 2.05) is 24.4 Å². The number of nitrogens with zero attached hydrogens (tertiary/aromatic N) is 3. The number of hydrogen-bond donors (Lipinski definition) is 0. The van der Waals surface area contributed by atoms with Gasteiger partial charge in [-0.05, 0) is 29.2 Å². The van der Waals surface area contributed by atoms with Crippen molar-refractivity contribution in [3.8, 4) is 0 Å². The Morgan fingerprint density at radius 1 is 1.05 bits per heavy atom. The fraction of sp³-hybridized carbons (Fsp3) is 0.278. The summed E-state index contributed by atoms with van der Waals surface area (Å²) in [5.41, 5.74) is 4.65. The molecule has 4 heteroatoms. The molecule has 112 valence electrons. The van der Waals surface area contributed by atoms with E-state index in [0.29, 0.717) is 5.92 Å². The van der Waals surface area contributed by atoms with Crippen molar-refractivity contribution >= 4 is 22.5 Å². The van der Waals surface area contributed by atoms with Crippen LogP contribution < -0.4 is 0 Å². The molecular weight excluding hydrogens is 290 g/mol. The summed E-state index contributed by atoms with van der Waals surface area (Å²) < 4.78 is 0. The van der Waals surface area contributed by atoms with Crippen LogP contribution in [0.3, 0.4) is 0 Å². The Bertz CT molecular complexity index is 688. The van der Waals surface area contributed by atoms with Crippen LogP contribution in [0.2, 0.25) is 0 Å². The molecule has 0 unspecified atom stereocenters. The molecule has 2 heterocycles. The molecule has 3 rings (SSSR count). The minimum absolute atomic E-state index is 0.556. The summed E-state index contributed by atoms with van der Waals surface area (Å²) in [5.74, 6) is 1.40. The molecule has 0 amide bonds. The summed E-state index contributed by atoms with van der Waals surface area (Å²) in [6, 6.07) is 14.6. The van der Waals surface area contributed by atoms with Crippen LogP contribution in [0.15, 0.2) is 58.9 Å². The van der Waals surface area contributed by atoms with E-state index in [2.05, 4.69) is 53.3 Å². The maximum Gasteiger partial charge on any atom is 0.102 e. The van der Waals surface area contributed by atoms with Crippen molar-refractivity contribution < 1.29 is 0 Å². The van der Waals surface area contributed by atoms with Gasteiger partial charge in [-0.15, -0.1) is 16.9 Å². The Morgan fingerprint density at radius 2 is 1.86 bits per heavy atom. The highest BCUT2D eigenvalue weighted by atomic mass is 32.2. The minimum atomic E-state index is 0.556. The smallest absolute Gasteiger partial charge is 0.102 e. The van der Waals surface area contributed by atoms with Gasteiger partial charge in [-0.2, -0.15) is 5.10 Å². The van der Waals surface area contributed by atoms with Crippen molar-refractivity contribution in [2.45, 2.75) is 31.9 Å². The van der Waals surface area contributed by atoms with Gasteiger partial charge in [-0.1, -0.05) is 44.2 Å². The first-order valence-electron chi connectivity index (χ1n) is 7.49. The fourth-order valence-electron chi connectivity index (χ4n) is 2.27. The van der Waals surface area contributed by atoms with E-state index in [1.54, 1.807) is 11.8 Å². The second-order valence-electron chi connectivity index (χ2n) is 5.60. The van der Waals surface area contributed by atoms with Crippen molar-refractivity contribution in [1.29, 1.82) is 0 Å². The third-order valence-electron chi connectivity index (χ3n) is 3.62. The van der Waals surface area contributed by atoms with Crippen molar-refractivity contribution in [1.82, 2.24) is 4.98 Å². The number of rotatable bonds is 4. The predicted molar refractivity (Wildman–Crippen MR) is 94.7 cm³/mol. The molecule has 1 aliphatic heterocycles. The molecule has 0 atom stereocenters. The van der Waals surface area contributed by atoms with Crippen molar-refractivity contribution in [2.75, 3.05) is 0 Å². The monoisotopic (exact) mass is 309 g/mol. The molecule has 0 fully saturated rings. The van der Waals surface area contributed by atoms with Gasteiger partial charge >= 0.3 is 0 Å². The Kier molecular flexibility index (Phi) is 4.68. The molecule has 0 aliphatic carbocycles. The molecule has 1 aromatic heterocycles. The molecule has 1 aromatic carbocycles. The van der Waals surface area contributed by atoms with Crippen LogP contribution >= 0.6 is 11.8 Å². The highest BCUT2D eigenvalue weighted by Crippen LogP contribution is 2.22. The van der Waals surface area contributed by atoms with E-state index in [0.717, 1.165) is 28.6 Å². The molecule has 0 saturated carbocycles. The van der Waals surface area contributed by atoms with Crippen LogP contribution in [-0.4, -0.2) is 15.7 Å². The molecule has 1 aliphatic rings. The van der Waals surface area contributed by atoms with Gasteiger partial charge in [0.2, 0.25) is 0 Å². The van der Waals surface area contributed by atoms with Crippen LogP contribution in [-0.2, 0) is 5.75 Å². The number of benzene rings is 1. The summed E-state index contributed by atoms with van der Waals surface area (Å²) in [6.07, 6.45) is 2.64. The van der Waals surface area contributed by atoms with Crippen molar-refractivity contribution in [2.24, 2.45) is 10.2 Å². The van der Waals surface area contributed by atoms with Crippen molar-refractivity contribution in [3.63, 3.8) is 0 Å². The SMILES string of the molecule is CC(C)c1ccc(C2=NN=C(SCc3ccccn3)C2)cc1. The summed E-state index contributed by atoms with van der Waals surface area (Å²) in [4.78, 5) is 4.33. The third kappa shape index (κ3) is 3.63. The van der Waals surface area contributed by atoms with Gasteiger partial charge < -0.3 is 0 Å². The summed E-state index contributed by atoms with van der Waals surface area (Å²) in [6.45, 7) is 4.41. The Morgan fingerprint density at radius 3 is 2.55 bits per heavy atom. The first-order chi connectivity index (χ1) is 10.7. The molecule has 0 N–H and O–H groups in total. The summed E-state index contributed by atoms with van der Waals surface area (Å²) in [5, 5.41) is 9.71. The zero-order valence-corrected chi connectivity index (χ0v) is 13.7. The maximum absolute atomic E-state index is 4.34. The average molecular weight is 309 g/mol. The van der Waals surface area contributed by atoms with Gasteiger partial charge in [-0.25, -0.2) is 0 Å². The van der Waals surface area contributed by atoms with Crippen LogP contribution in [0.1, 0.15) is 43.0 Å². The lowest BCUT2D eigenvalue weighted by Crippen LogP contribution is -2.02. The highest BCUT2D eigenvalue weighted by molar-refractivity contribution is 8.13. The first-order valence-corrected chi connectivity index (χ1v) is 8.47. The highest BCUT2D eigenvalue weighted by Gasteiger charge is 2.15. The van der Waals surface area contributed by atoms with Gasteiger partial charge in [0.15, 0.2) is 0 Å². The van der Waals surface area contributed by atoms with Crippen molar-refractivity contribution in [3.05, 3.63) is 65.5 Å². The normalized spacial score (nSPS) is 14.1. The van der Waals surface area contributed by atoms with E-state index in [1.165, 1.54) is 11.1 Å². The number of thioether (sulfide) groups is 1. The van der Waals surface area contributed by atoms with Gasteiger partial charge in [0, 0.05) is 18.4 Å². The second kappa shape index (κ2) is 6.88. The zero-order chi connectivity index (χ0) is 15.4. The van der Waals surface area contributed by atoms with Gasteiger partial charge in [0.1, 0.15) is 5.04 Å². The van der Waals surface area contributed by atoms with Crippen LogP contribution in [0.25, 0.3) is 0 Å². The molecule has 0 radical (unpaired) electrons. The van der Waals surface area contributed by atoms with E-state index in [-0.39, 0.29) is 0 Å². The quantitative estimate of drug-likeness (QED) is 0.824. The Hall–Kier alpha value is -1.94. The first kappa shape index (κ1) is 15.0. The van der Waals surface area contributed by atoms with E-state index >= 15 is 0 Å². The third-order valence-corrected chi connectivity index (χ3v) is 4.62. The number of aromatic nitrogens is 1. The van der Waals surface area contributed by atoms with E-state index < -0.39 is 0 Å². The molecule has 2 aromatic rings. The molecule has 0 saturated heterocycles. The Labute approximate surface area is 135 Å². The molecule has 22 heavy (non-hydrogen) atoms. The topological polar surface area (TPSA) is 37.6 Å². The lowest BCUT2D eigenvalue weighted by Gasteiger charge is -2.06. The van der Waals surface area contributed by atoms with Gasteiger partial charge in [0.25, 0.3) is 0 Å². The standard InChI is InChI=1S/C18H19N3S/c1-13(2)14-6-8-15(9-7-14)17-11-18(21-20-17)22-12-16-5-3-4-10-19-16/h3-10,13H,11-12H2,1-2H3. The van der Waals surface area contributed by atoms with Crippen LogP contribution in [0.5, 0.6) is 0 Å². The number of hydrogen-bond acceptors (Lipinski definition) is 4. The van der Waals surface area contributed by atoms with Crippen LogP contribution in [0, 0.1) is 0 Å². The molecule has 0 bridgehead atoms. The van der Waals surface area contributed by atoms with Gasteiger partial charge in [-0.3, -0.25) is 4.98 Å². The lowest BCUT2D eigenvalue weighted by atomic mass is 10.00. The second-order valence-corrected chi connectivity index (χ2v) is 6.65. The summed E-state index contributed by atoms with van der Waals surface area (Å²) in [7, 11) is 0. The van der Waals surface area contributed by atoms with E-state index in [4.69, 9.17) is 0 Å². The largest absolute Gasteiger partial charge is 0.260 e. The van der Waals surface area contributed by atoms with E-state index in [9.17, 15) is 0 Å². The zero-order valence-electron chi connectivity index (χ0n) is 12.9. The maximum atomic E-state index is 4.34. The Balaban J connectivity index is 1.57. The lowest BCUT2D eigenvalue weighted by molar-refractivity contribution is 0.866. The molecule has 3 nitrogen and oxygen atoms in total. The summed E-state index contributed by atoms with van der Waals surface area (Å²) >= 11 is 1.72. The fourth-order valence-corrected chi connectivity index (χ4v) is 3.09. The number of pyridine rings is 1. The molecular formula is C18H19N3S. The predicted octanol–water partition coefficient (Wildman–Crippen LogP) is 4.64.